The lowest BCUT2D eigenvalue weighted by Gasteiger charge is -2.45. The van der Waals surface area contributed by atoms with E-state index in [0.29, 0.717) is 12.1 Å². The Labute approximate surface area is 110 Å². The quantitative estimate of drug-likeness (QED) is 0.820. The minimum atomic E-state index is 0.410. The molecular formula is C15H24N2O. The van der Waals surface area contributed by atoms with E-state index in [4.69, 9.17) is 4.42 Å². The molecule has 3 atom stereocenters. The lowest BCUT2D eigenvalue weighted by atomic mass is 10.0. The molecule has 3 rings (SSSR count). The summed E-state index contributed by atoms with van der Waals surface area (Å²) in [6.07, 6.45) is 5.77. The first-order valence-electron chi connectivity index (χ1n) is 7.32. The van der Waals surface area contributed by atoms with E-state index in [9.17, 15) is 0 Å². The molecule has 100 valence electrons. The molecule has 18 heavy (non-hydrogen) atoms. The zero-order valence-electron chi connectivity index (χ0n) is 11.5. The highest BCUT2D eigenvalue weighted by Gasteiger charge is 2.38. The topological polar surface area (TPSA) is 19.6 Å². The van der Waals surface area contributed by atoms with E-state index in [1.165, 1.54) is 38.9 Å². The molecule has 3 heteroatoms. The van der Waals surface area contributed by atoms with Crippen molar-refractivity contribution in [1.82, 2.24) is 9.80 Å². The molecule has 2 saturated heterocycles. The summed E-state index contributed by atoms with van der Waals surface area (Å²) in [5, 5.41) is 0. The molecule has 0 radical (unpaired) electrons. The smallest absolute Gasteiger partial charge is 0.120 e. The Bertz CT molecular complexity index is 376. The number of hydrogen-bond donors (Lipinski definition) is 0. The van der Waals surface area contributed by atoms with Gasteiger partial charge in [-0.1, -0.05) is 6.92 Å². The highest BCUT2D eigenvalue weighted by Crippen LogP contribution is 2.32. The molecule has 0 saturated carbocycles. The first-order valence-corrected chi connectivity index (χ1v) is 7.32. The van der Waals surface area contributed by atoms with E-state index in [-0.39, 0.29) is 0 Å². The van der Waals surface area contributed by atoms with Gasteiger partial charge in [0.25, 0.3) is 0 Å². The summed E-state index contributed by atoms with van der Waals surface area (Å²) in [6.45, 7) is 8.35. The van der Waals surface area contributed by atoms with Gasteiger partial charge in [-0.15, -0.1) is 0 Å². The molecule has 0 N–H and O–H groups in total. The van der Waals surface area contributed by atoms with E-state index < -0.39 is 0 Å². The van der Waals surface area contributed by atoms with Crippen molar-refractivity contribution in [2.24, 2.45) is 0 Å². The van der Waals surface area contributed by atoms with E-state index >= 15 is 0 Å². The van der Waals surface area contributed by atoms with Crippen LogP contribution in [-0.4, -0.2) is 41.5 Å². The monoisotopic (exact) mass is 248 g/mol. The second-order valence-electron chi connectivity index (χ2n) is 5.74. The predicted octanol–water partition coefficient (Wildman–Crippen LogP) is 2.90. The van der Waals surface area contributed by atoms with Gasteiger partial charge in [0.15, 0.2) is 0 Å². The summed E-state index contributed by atoms with van der Waals surface area (Å²) in [5.74, 6) is 1.11. The van der Waals surface area contributed by atoms with E-state index in [2.05, 4.69) is 29.7 Å². The third-order valence-corrected chi connectivity index (χ3v) is 4.76. The summed E-state index contributed by atoms with van der Waals surface area (Å²) in [5.41, 5.74) is 0. The van der Waals surface area contributed by atoms with Crippen molar-refractivity contribution < 1.29 is 4.42 Å². The molecule has 3 unspecified atom stereocenters. The third-order valence-electron chi connectivity index (χ3n) is 4.76. The third kappa shape index (κ3) is 2.10. The maximum atomic E-state index is 5.60. The number of furan rings is 1. The van der Waals surface area contributed by atoms with Gasteiger partial charge in [-0.05, 0) is 44.9 Å². The van der Waals surface area contributed by atoms with Crippen LogP contribution in [0.3, 0.4) is 0 Å². The fourth-order valence-corrected chi connectivity index (χ4v) is 3.64. The van der Waals surface area contributed by atoms with Crippen LogP contribution < -0.4 is 0 Å². The predicted molar refractivity (Wildman–Crippen MR) is 72.5 cm³/mol. The molecule has 1 aromatic heterocycles. The molecule has 2 aliphatic heterocycles. The highest BCUT2D eigenvalue weighted by atomic mass is 16.3. The van der Waals surface area contributed by atoms with Crippen molar-refractivity contribution in [1.29, 1.82) is 0 Å². The van der Waals surface area contributed by atoms with Crippen LogP contribution in [0.25, 0.3) is 0 Å². The molecule has 3 nitrogen and oxygen atoms in total. The average Bonchev–Trinajstić information content (AvgIpc) is 3.06. The molecular weight excluding hydrogens is 224 g/mol. The molecule has 2 fully saturated rings. The van der Waals surface area contributed by atoms with Gasteiger partial charge in [0.05, 0.1) is 12.3 Å². The molecule has 1 aromatic rings. The van der Waals surface area contributed by atoms with Gasteiger partial charge < -0.3 is 4.42 Å². The maximum Gasteiger partial charge on any atom is 0.120 e. The van der Waals surface area contributed by atoms with E-state index in [1.807, 2.05) is 6.07 Å². The average molecular weight is 248 g/mol. The van der Waals surface area contributed by atoms with Gasteiger partial charge in [-0.2, -0.15) is 0 Å². The number of rotatable bonds is 3. The summed E-state index contributed by atoms with van der Waals surface area (Å²) in [4.78, 5) is 5.35. The fourth-order valence-electron chi connectivity index (χ4n) is 3.64. The molecule has 0 bridgehead atoms. The van der Waals surface area contributed by atoms with Crippen LogP contribution in [0.1, 0.15) is 44.9 Å². The van der Waals surface area contributed by atoms with E-state index in [1.54, 1.807) is 6.26 Å². The molecule has 0 aliphatic carbocycles. The van der Waals surface area contributed by atoms with Crippen LogP contribution in [-0.2, 0) is 0 Å². The lowest BCUT2D eigenvalue weighted by Crippen LogP contribution is -2.56. The lowest BCUT2D eigenvalue weighted by molar-refractivity contribution is 0.0168. The Hall–Kier alpha value is -0.800. The van der Waals surface area contributed by atoms with Crippen LogP contribution in [0.4, 0.5) is 0 Å². The molecule has 0 amide bonds. The highest BCUT2D eigenvalue weighted by molar-refractivity contribution is 5.06. The SMILES string of the molecule is CCC1CN2CCCC2CN1C(C)c1ccco1. The van der Waals surface area contributed by atoms with Crippen LogP contribution in [0.5, 0.6) is 0 Å². The fraction of sp³-hybridized carbons (Fsp3) is 0.733. The van der Waals surface area contributed by atoms with Crippen molar-refractivity contribution in [3.63, 3.8) is 0 Å². The van der Waals surface area contributed by atoms with Gasteiger partial charge >= 0.3 is 0 Å². The van der Waals surface area contributed by atoms with Gasteiger partial charge in [0.2, 0.25) is 0 Å². The van der Waals surface area contributed by atoms with Gasteiger partial charge in [-0.25, -0.2) is 0 Å². The van der Waals surface area contributed by atoms with Crippen molar-refractivity contribution >= 4 is 0 Å². The summed E-state index contributed by atoms with van der Waals surface area (Å²) >= 11 is 0. The minimum absolute atomic E-state index is 0.410. The van der Waals surface area contributed by atoms with Gasteiger partial charge in [-0.3, -0.25) is 9.80 Å². The Kier molecular flexibility index (Phi) is 3.44. The largest absolute Gasteiger partial charge is 0.468 e. The second-order valence-corrected chi connectivity index (χ2v) is 5.74. The number of piperazine rings is 1. The Morgan fingerprint density at radius 1 is 1.44 bits per heavy atom. The van der Waals surface area contributed by atoms with Crippen molar-refractivity contribution in [2.45, 2.75) is 51.2 Å². The summed E-state index contributed by atoms with van der Waals surface area (Å²) < 4.78 is 5.60. The molecule has 3 heterocycles. The van der Waals surface area contributed by atoms with Gasteiger partial charge in [0.1, 0.15) is 5.76 Å². The second kappa shape index (κ2) is 5.06. The summed E-state index contributed by atoms with van der Waals surface area (Å²) in [6, 6.07) is 5.98. The summed E-state index contributed by atoms with van der Waals surface area (Å²) in [7, 11) is 0. The number of fused-ring (bicyclic) bond motifs is 1. The van der Waals surface area contributed by atoms with Gasteiger partial charge in [0, 0.05) is 25.2 Å². The Balaban J connectivity index is 1.76. The van der Waals surface area contributed by atoms with Crippen LogP contribution >= 0.6 is 0 Å². The number of nitrogens with zero attached hydrogens (tertiary/aromatic N) is 2. The molecule has 0 aromatic carbocycles. The Morgan fingerprint density at radius 2 is 2.33 bits per heavy atom. The van der Waals surface area contributed by atoms with Crippen molar-refractivity contribution in [3.05, 3.63) is 24.2 Å². The number of hydrogen-bond acceptors (Lipinski definition) is 3. The van der Waals surface area contributed by atoms with Crippen LogP contribution in [0.2, 0.25) is 0 Å². The maximum absolute atomic E-state index is 5.60. The zero-order valence-corrected chi connectivity index (χ0v) is 11.5. The first-order chi connectivity index (χ1) is 8.79. The van der Waals surface area contributed by atoms with E-state index in [0.717, 1.165) is 11.8 Å². The van der Waals surface area contributed by atoms with Crippen molar-refractivity contribution in [2.75, 3.05) is 19.6 Å². The normalized spacial score (nSPS) is 31.4. The Morgan fingerprint density at radius 3 is 3.06 bits per heavy atom. The molecule has 0 spiro atoms. The zero-order chi connectivity index (χ0) is 12.5. The van der Waals surface area contributed by atoms with Crippen LogP contribution in [0, 0.1) is 0 Å². The standard InChI is InChI=1S/C15H24N2O/c1-3-13-10-16-8-4-6-14(16)11-17(13)12(2)15-7-5-9-18-15/h5,7,9,12-14H,3-4,6,8,10-11H2,1-2H3. The van der Waals surface area contributed by atoms with Crippen LogP contribution in [0.15, 0.2) is 22.8 Å². The molecule has 2 aliphatic rings. The first kappa shape index (κ1) is 12.2. The minimum Gasteiger partial charge on any atom is -0.468 e. The van der Waals surface area contributed by atoms with Crippen molar-refractivity contribution in [3.8, 4) is 0 Å².